The predicted octanol–water partition coefficient (Wildman–Crippen LogP) is 2.43. The predicted molar refractivity (Wildman–Crippen MR) is 59.2 cm³/mol. The van der Waals surface area contributed by atoms with Crippen LogP contribution in [0.3, 0.4) is 0 Å². The number of nitrogens with zero attached hydrogens (tertiary/aromatic N) is 1. The first-order valence-electron chi connectivity index (χ1n) is 5.75. The molecule has 2 bridgehead atoms. The van der Waals surface area contributed by atoms with Crippen LogP contribution < -0.4 is 0 Å². The molecule has 2 saturated carbocycles. The van der Waals surface area contributed by atoms with Crippen LogP contribution in [0.2, 0.25) is 0 Å². The van der Waals surface area contributed by atoms with E-state index in [1.165, 1.54) is 0 Å². The van der Waals surface area contributed by atoms with Gasteiger partial charge in [-0.15, -0.1) is 0 Å². The molecule has 2 rings (SSSR count). The van der Waals surface area contributed by atoms with Gasteiger partial charge in [-0.25, -0.2) is 4.79 Å². The average Bonchev–Trinajstić information content (AvgIpc) is 2.73. The lowest BCUT2D eigenvalue weighted by Crippen LogP contribution is -2.40. The van der Waals surface area contributed by atoms with Gasteiger partial charge >= 0.3 is 5.97 Å². The third kappa shape index (κ3) is 1.63. The van der Waals surface area contributed by atoms with E-state index in [4.69, 9.17) is 10.00 Å². The Kier molecular flexibility index (Phi) is 2.53. The number of esters is 1. The molecular formula is C13H17NO2. The summed E-state index contributed by atoms with van der Waals surface area (Å²) in [5.74, 6) is 0.497. The lowest BCUT2D eigenvalue weighted by atomic mass is 9.79. The number of carbonyl (C=O) groups excluding carboxylic acids is 1. The number of nitriles is 1. The smallest absolute Gasteiger partial charge is 0.333 e. The van der Waals surface area contributed by atoms with Gasteiger partial charge in [-0.05, 0) is 39.0 Å². The zero-order chi connectivity index (χ0) is 11.9. The van der Waals surface area contributed by atoms with Crippen LogP contribution in [-0.2, 0) is 9.53 Å². The molecule has 16 heavy (non-hydrogen) atoms. The van der Waals surface area contributed by atoms with E-state index in [-0.39, 0.29) is 17.8 Å². The maximum absolute atomic E-state index is 11.6. The average molecular weight is 219 g/mol. The van der Waals surface area contributed by atoms with Gasteiger partial charge in [-0.1, -0.05) is 6.58 Å². The van der Waals surface area contributed by atoms with Crippen molar-refractivity contribution >= 4 is 5.97 Å². The van der Waals surface area contributed by atoms with Gasteiger partial charge in [0.05, 0.1) is 12.0 Å². The van der Waals surface area contributed by atoms with Gasteiger partial charge in [0.2, 0.25) is 0 Å². The molecule has 2 aliphatic carbocycles. The Morgan fingerprint density at radius 3 is 2.75 bits per heavy atom. The summed E-state index contributed by atoms with van der Waals surface area (Å²) < 4.78 is 5.54. The molecule has 0 heterocycles. The zero-order valence-electron chi connectivity index (χ0n) is 9.82. The monoisotopic (exact) mass is 219 g/mol. The van der Waals surface area contributed by atoms with Crippen LogP contribution in [-0.4, -0.2) is 11.6 Å². The fourth-order valence-electron chi connectivity index (χ4n) is 3.27. The number of hydrogen-bond acceptors (Lipinski definition) is 3. The minimum atomic E-state index is -0.445. The van der Waals surface area contributed by atoms with Gasteiger partial charge in [0.15, 0.2) is 0 Å². The Bertz CT molecular complexity index is 382. The first-order valence-corrected chi connectivity index (χ1v) is 5.75. The van der Waals surface area contributed by atoms with E-state index in [0.29, 0.717) is 11.5 Å². The zero-order valence-corrected chi connectivity index (χ0v) is 9.82. The maximum atomic E-state index is 11.6. The Morgan fingerprint density at radius 2 is 2.25 bits per heavy atom. The lowest BCUT2D eigenvalue weighted by molar-refractivity contribution is -0.159. The number of hydrogen-bond donors (Lipinski definition) is 0. The Balaban J connectivity index is 2.13. The van der Waals surface area contributed by atoms with Crippen molar-refractivity contribution in [1.82, 2.24) is 0 Å². The van der Waals surface area contributed by atoms with Crippen LogP contribution in [0.1, 0.15) is 33.1 Å². The minimum Gasteiger partial charge on any atom is -0.456 e. The van der Waals surface area contributed by atoms with Gasteiger partial charge in [-0.3, -0.25) is 0 Å². The second-order valence-corrected chi connectivity index (χ2v) is 5.37. The van der Waals surface area contributed by atoms with Crippen LogP contribution in [0.25, 0.3) is 0 Å². The molecule has 86 valence electrons. The Hall–Kier alpha value is -1.30. The topological polar surface area (TPSA) is 50.1 Å². The summed E-state index contributed by atoms with van der Waals surface area (Å²) in [6.07, 6.45) is 2.90. The normalized spacial score (nSPS) is 40.4. The van der Waals surface area contributed by atoms with E-state index >= 15 is 0 Å². The highest BCUT2D eigenvalue weighted by atomic mass is 16.6. The van der Waals surface area contributed by atoms with Crippen molar-refractivity contribution in [3.63, 3.8) is 0 Å². The van der Waals surface area contributed by atoms with Crippen LogP contribution in [0.4, 0.5) is 0 Å². The van der Waals surface area contributed by atoms with Gasteiger partial charge < -0.3 is 4.74 Å². The number of rotatable bonds is 2. The van der Waals surface area contributed by atoms with E-state index in [1.807, 2.05) is 6.92 Å². The van der Waals surface area contributed by atoms with Crippen molar-refractivity contribution in [3.05, 3.63) is 12.2 Å². The largest absolute Gasteiger partial charge is 0.456 e. The SMILES string of the molecule is C=C(C)C(=O)OC1(C)CC2CC(C#N)C1C2. The molecule has 4 unspecified atom stereocenters. The first kappa shape index (κ1) is 11.2. The fraction of sp³-hybridized carbons (Fsp3) is 0.692. The van der Waals surface area contributed by atoms with Crippen molar-refractivity contribution in [1.29, 1.82) is 5.26 Å². The highest BCUT2D eigenvalue weighted by Gasteiger charge is 2.55. The Labute approximate surface area is 96.1 Å². The molecule has 3 heteroatoms. The summed E-state index contributed by atoms with van der Waals surface area (Å²) in [7, 11) is 0. The summed E-state index contributed by atoms with van der Waals surface area (Å²) in [4.78, 5) is 11.6. The molecule has 0 aromatic carbocycles. The number of carbonyl (C=O) groups is 1. The quantitative estimate of drug-likeness (QED) is 0.529. The molecule has 0 radical (unpaired) electrons. The molecule has 0 aromatic heterocycles. The van der Waals surface area contributed by atoms with Crippen molar-refractivity contribution in [2.45, 2.75) is 38.7 Å². The van der Waals surface area contributed by atoms with E-state index in [9.17, 15) is 4.79 Å². The van der Waals surface area contributed by atoms with Crippen LogP contribution in [0.5, 0.6) is 0 Å². The minimum absolute atomic E-state index is 0.0571. The second kappa shape index (κ2) is 3.62. The van der Waals surface area contributed by atoms with Crippen LogP contribution in [0.15, 0.2) is 12.2 Å². The highest BCUT2D eigenvalue weighted by molar-refractivity contribution is 5.87. The Morgan fingerprint density at radius 1 is 1.56 bits per heavy atom. The second-order valence-electron chi connectivity index (χ2n) is 5.37. The number of fused-ring (bicyclic) bond motifs is 2. The molecule has 0 spiro atoms. The molecule has 2 aliphatic rings. The third-order valence-electron chi connectivity index (χ3n) is 3.98. The standard InChI is InChI=1S/C13H17NO2/c1-8(2)12(15)16-13(3)6-9-4-10(7-14)11(13)5-9/h9-11H,1,4-6H2,2-3H3. The summed E-state index contributed by atoms with van der Waals surface area (Å²) in [5.41, 5.74) is -0.0168. The van der Waals surface area contributed by atoms with E-state index in [2.05, 4.69) is 12.6 Å². The van der Waals surface area contributed by atoms with Crippen LogP contribution in [0, 0.1) is 29.1 Å². The van der Waals surface area contributed by atoms with E-state index < -0.39 is 5.60 Å². The van der Waals surface area contributed by atoms with Crippen molar-refractivity contribution in [2.24, 2.45) is 17.8 Å². The van der Waals surface area contributed by atoms with Crippen molar-refractivity contribution in [2.75, 3.05) is 0 Å². The maximum Gasteiger partial charge on any atom is 0.333 e. The molecule has 0 aliphatic heterocycles. The number of ether oxygens (including phenoxy) is 1. The van der Waals surface area contributed by atoms with E-state index in [1.54, 1.807) is 6.92 Å². The molecule has 4 atom stereocenters. The van der Waals surface area contributed by atoms with Gasteiger partial charge in [-0.2, -0.15) is 5.26 Å². The van der Waals surface area contributed by atoms with Crippen molar-refractivity contribution in [3.8, 4) is 6.07 Å². The molecule has 0 saturated heterocycles. The van der Waals surface area contributed by atoms with Gasteiger partial charge in [0.25, 0.3) is 0 Å². The van der Waals surface area contributed by atoms with E-state index in [0.717, 1.165) is 19.3 Å². The summed E-state index contributed by atoms with van der Waals surface area (Å²) >= 11 is 0. The molecule has 0 amide bonds. The lowest BCUT2D eigenvalue weighted by Gasteiger charge is -2.35. The fourth-order valence-corrected chi connectivity index (χ4v) is 3.27. The first-order chi connectivity index (χ1) is 7.46. The van der Waals surface area contributed by atoms with Gasteiger partial charge in [0.1, 0.15) is 5.60 Å². The molecular weight excluding hydrogens is 202 g/mol. The molecule has 3 nitrogen and oxygen atoms in total. The van der Waals surface area contributed by atoms with Gasteiger partial charge in [0, 0.05) is 11.5 Å². The molecule has 0 N–H and O–H groups in total. The highest BCUT2D eigenvalue weighted by Crippen LogP contribution is 2.55. The summed E-state index contributed by atoms with van der Waals surface area (Å²) in [6.45, 7) is 7.20. The van der Waals surface area contributed by atoms with Crippen LogP contribution >= 0.6 is 0 Å². The molecule has 2 fully saturated rings. The third-order valence-corrected chi connectivity index (χ3v) is 3.98. The summed E-state index contributed by atoms with van der Waals surface area (Å²) in [6, 6.07) is 2.34. The summed E-state index contributed by atoms with van der Waals surface area (Å²) in [5, 5.41) is 9.06. The van der Waals surface area contributed by atoms with Crippen molar-refractivity contribution < 1.29 is 9.53 Å². The molecule has 0 aromatic rings.